The quantitative estimate of drug-likeness (QED) is 0.795. The van der Waals surface area contributed by atoms with Gasteiger partial charge in [-0.25, -0.2) is 4.39 Å². The van der Waals surface area contributed by atoms with E-state index in [9.17, 15) is 14.0 Å². The smallest absolute Gasteiger partial charge is 0.278 e. The Labute approximate surface area is 157 Å². The van der Waals surface area contributed by atoms with Crippen LogP contribution in [0, 0.1) is 19.7 Å². The van der Waals surface area contributed by atoms with Crippen LogP contribution in [0.3, 0.4) is 0 Å². The van der Waals surface area contributed by atoms with Crippen molar-refractivity contribution < 1.29 is 18.7 Å². The van der Waals surface area contributed by atoms with Gasteiger partial charge in [0.2, 0.25) is 0 Å². The Bertz CT molecular complexity index is 920. The number of nitrogens with zero attached hydrogens (tertiary/aromatic N) is 1. The molecule has 1 aliphatic rings. The van der Waals surface area contributed by atoms with Gasteiger partial charge in [0.1, 0.15) is 11.5 Å². The summed E-state index contributed by atoms with van der Waals surface area (Å²) in [6, 6.07) is 11.3. The van der Waals surface area contributed by atoms with Crippen LogP contribution >= 0.6 is 0 Å². The van der Waals surface area contributed by atoms with Gasteiger partial charge in [-0.1, -0.05) is 24.3 Å². The molecule has 3 rings (SSSR count). The Balaban J connectivity index is 2.07. The second-order valence-corrected chi connectivity index (χ2v) is 6.38. The van der Waals surface area contributed by atoms with Crippen molar-refractivity contribution in [3.05, 3.63) is 70.7 Å². The number of carbonyl (C=O) groups excluding carboxylic acids is 2. The molecule has 6 heteroatoms. The zero-order valence-corrected chi connectivity index (χ0v) is 15.5. The summed E-state index contributed by atoms with van der Waals surface area (Å²) in [6.07, 6.45) is 0. The predicted octanol–water partition coefficient (Wildman–Crippen LogP) is 3.28. The van der Waals surface area contributed by atoms with Crippen molar-refractivity contribution in [3.8, 4) is 0 Å². The first-order valence-corrected chi connectivity index (χ1v) is 8.62. The minimum atomic E-state index is -0.420. The normalized spacial score (nSPS) is 14.3. The van der Waals surface area contributed by atoms with Crippen molar-refractivity contribution in [1.82, 2.24) is 4.90 Å². The van der Waals surface area contributed by atoms with E-state index in [0.717, 1.165) is 21.7 Å². The van der Waals surface area contributed by atoms with Crippen LogP contribution in [0.1, 0.15) is 16.7 Å². The van der Waals surface area contributed by atoms with Gasteiger partial charge in [0, 0.05) is 12.8 Å². The third kappa shape index (κ3) is 3.61. The Morgan fingerprint density at radius 3 is 2.41 bits per heavy atom. The SMILES string of the molecule is COCCN1C(=O)C(Nc2cccc(C)c2C)=C(c2ccc(F)cc2)C1=O. The Morgan fingerprint density at radius 1 is 1.04 bits per heavy atom. The number of imide groups is 1. The average molecular weight is 368 g/mol. The number of carbonyl (C=O) groups is 2. The predicted molar refractivity (Wildman–Crippen MR) is 101 cm³/mol. The van der Waals surface area contributed by atoms with Crippen LogP contribution in [0.5, 0.6) is 0 Å². The highest BCUT2D eigenvalue weighted by atomic mass is 19.1. The molecule has 0 saturated carbocycles. The number of halogens is 1. The average Bonchev–Trinajstić information content (AvgIpc) is 2.88. The largest absolute Gasteiger partial charge is 0.383 e. The highest BCUT2D eigenvalue weighted by molar-refractivity contribution is 6.36. The van der Waals surface area contributed by atoms with Crippen LogP contribution in [-0.4, -0.2) is 37.0 Å². The topological polar surface area (TPSA) is 58.6 Å². The van der Waals surface area contributed by atoms with E-state index < -0.39 is 17.6 Å². The zero-order chi connectivity index (χ0) is 19.6. The Hall–Kier alpha value is -2.99. The molecule has 1 aliphatic heterocycles. The van der Waals surface area contributed by atoms with E-state index in [4.69, 9.17) is 4.74 Å². The van der Waals surface area contributed by atoms with Gasteiger partial charge >= 0.3 is 0 Å². The molecule has 0 fully saturated rings. The summed E-state index contributed by atoms with van der Waals surface area (Å²) in [4.78, 5) is 27.0. The third-order valence-corrected chi connectivity index (χ3v) is 4.68. The molecular formula is C21H21FN2O3. The summed E-state index contributed by atoms with van der Waals surface area (Å²) >= 11 is 0. The van der Waals surface area contributed by atoms with Crippen LogP contribution in [0.15, 0.2) is 48.2 Å². The van der Waals surface area contributed by atoms with Crippen molar-refractivity contribution in [2.24, 2.45) is 0 Å². The first-order chi connectivity index (χ1) is 12.9. The lowest BCUT2D eigenvalue weighted by Crippen LogP contribution is -2.35. The monoisotopic (exact) mass is 368 g/mol. The highest BCUT2D eigenvalue weighted by Crippen LogP contribution is 2.31. The third-order valence-electron chi connectivity index (χ3n) is 4.68. The highest BCUT2D eigenvalue weighted by Gasteiger charge is 2.39. The molecule has 0 unspecified atom stereocenters. The van der Waals surface area contributed by atoms with E-state index in [0.29, 0.717) is 5.56 Å². The summed E-state index contributed by atoms with van der Waals surface area (Å²) < 4.78 is 18.3. The minimum Gasteiger partial charge on any atom is -0.383 e. The molecule has 27 heavy (non-hydrogen) atoms. The number of hydrogen-bond donors (Lipinski definition) is 1. The summed E-state index contributed by atoms with van der Waals surface area (Å²) in [5.41, 5.74) is 3.71. The standard InChI is InChI=1S/C21H21FN2O3/c1-13-5-4-6-17(14(13)2)23-19-18(15-7-9-16(22)10-8-15)20(25)24(21(19)26)11-12-27-3/h4-10,23H,11-12H2,1-3H3. The fraction of sp³-hybridized carbons (Fsp3) is 0.238. The molecule has 2 aromatic rings. The molecule has 0 saturated heterocycles. The lowest BCUT2D eigenvalue weighted by molar-refractivity contribution is -0.137. The molecule has 5 nitrogen and oxygen atoms in total. The van der Waals surface area contributed by atoms with E-state index in [1.807, 2.05) is 32.0 Å². The number of anilines is 1. The van der Waals surface area contributed by atoms with Crippen LogP contribution in [-0.2, 0) is 14.3 Å². The summed E-state index contributed by atoms with van der Waals surface area (Å²) in [6.45, 7) is 4.31. The molecule has 2 amide bonds. The van der Waals surface area contributed by atoms with Gasteiger partial charge in [-0.2, -0.15) is 0 Å². The number of ether oxygens (including phenoxy) is 1. The molecule has 0 spiro atoms. The van der Waals surface area contributed by atoms with E-state index in [-0.39, 0.29) is 24.4 Å². The van der Waals surface area contributed by atoms with Gasteiger partial charge in [-0.15, -0.1) is 0 Å². The lowest BCUT2D eigenvalue weighted by Gasteiger charge is -2.15. The molecule has 1 heterocycles. The number of amides is 2. The van der Waals surface area contributed by atoms with Gasteiger partial charge in [-0.05, 0) is 48.7 Å². The number of rotatable bonds is 6. The van der Waals surface area contributed by atoms with Crippen molar-refractivity contribution in [3.63, 3.8) is 0 Å². The molecule has 0 aromatic heterocycles. The Morgan fingerprint density at radius 2 is 1.74 bits per heavy atom. The van der Waals surface area contributed by atoms with Gasteiger partial charge < -0.3 is 10.1 Å². The number of aryl methyl sites for hydroxylation is 1. The maximum atomic E-state index is 13.3. The van der Waals surface area contributed by atoms with Gasteiger partial charge in [0.25, 0.3) is 11.8 Å². The lowest BCUT2D eigenvalue weighted by atomic mass is 10.0. The number of benzene rings is 2. The maximum absolute atomic E-state index is 13.3. The number of methoxy groups -OCH3 is 1. The second-order valence-electron chi connectivity index (χ2n) is 6.38. The van der Waals surface area contributed by atoms with Crippen molar-refractivity contribution in [2.75, 3.05) is 25.6 Å². The maximum Gasteiger partial charge on any atom is 0.278 e. The Kier molecular flexibility index (Phi) is 5.37. The number of hydrogen-bond acceptors (Lipinski definition) is 4. The molecular weight excluding hydrogens is 347 g/mol. The van der Waals surface area contributed by atoms with Crippen LogP contribution in [0.2, 0.25) is 0 Å². The van der Waals surface area contributed by atoms with Crippen molar-refractivity contribution in [1.29, 1.82) is 0 Å². The summed E-state index contributed by atoms with van der Waals surface area (Å²) in [7, 11) is 1.51. The molecule has 0 aliphatic carbocycles. The van der Waals surface area contributed by atoms with E-state index in [1.54, 1.807) is 0 Å². The van der Waals surface area contributed by atoms with Gasteiger partial charge in [0.05, 0.1) is 18.7 Å². The number of nitrogens with one attached hydrogen (secondary N) is 1. The molecule has 2 aromatic carbocycles. The summed E-state index contributed by atoms with van der Waals surface area (Å²) in [5, 5.41) is 3.13. The van der Waals surface area contributed by atoms with E-state index >= 15 is 0 Å². The molecule has 0 radical (unpaired) electrons. The van der Waals surface area contributed by atoms with Crippen LogP contribution in [0.4, 0.5) is 10.1 Å². The zero-order valence-electron chi connectivity index (χ0n) is 15.5. The molecule has 0 atom stereocenters. The summed E-state index contributed by atoms with van der Waals surface area (Å²) in [5.74, 6) is -1.25. The second kappa shape index (κ2) is 7.72. The van der Waals surface area contributed by atoms with E-state index in [1.165, 1.54) is 31.4 Å². The van der Waals surface area contributed by atoms with Gasteiger partial charge in [0.15, 0.2) is 0 Å². The molecule has 1 N–H and O–H groups in total. The van der Waals surface area contributed by atoms with Crippen LogP contribution in [0.25, 0.3) is 5.57 Å². The minimum absolute atomic E-state index is 0.150. The first-order valence-electron chi connectivity index (χ1n) is 8.62. The van der Waals surface area contributed by atoms with Crippen molar-refractivity contribution in [2.45, 2.75) is 13.8 Å². The van der Waals surface area contributed by atoms with E-state index in [2.05, 4.69) is 5.32 Å². The van der Waals surface area contributed by atoms with Crippen molar-refractivity contribution >= 4 is 23.1 Å². The molecule has 0 bridgehead atoms. The van der Waals surface area contributed by atoms with Gasteiger partial charge in [-0.3, -0.25) is 14.5 Å². The first kappa shape index (κ1) is 18.8. The molecule has 140 valence electrons. The fourth-order valence-electron chi connectivity index (χ4n) is 2.98. The van der Waals surface area contributed by atoms with Crippen LogP contribution < -0.4 is 5.32 Å². The fourth-order valence-corrected chi connectivity index (χ4v) is 2.98.